The van der Waals surface area contributed by atoms with Gasteiger partial charge in [-0.05, 0) is 32.1 Å². The van der Waals surface area contributed by atoms with E-state index in [-0.39, 0.29) is 17.4 Å². The van der Waals surface area contributed by atoms with Crippen molar-refractivity contribution >= 4 is 5.91 Å². The molecule has 2 saturated carbocycles. The number of nitrogens with one attached hydrogen (secondary N) is 1. The maximum absolute atomic E-state index is 12.8. The van der Waals surface area contributed by atoms with Crippen LogP contribution in [0, 0.1) is 5.41 Å². The van der Waals surface area contributed by atoms with Crippen LogP contribution in [0.2, 0.25) is 0 Å². The molecule has 0 bridgehead atoms. The molecule has 1 amide bonds. The number of hydrogen-bond donors (Lipinski definition) is 2. The van der Waals surface area contributed by atoms with Crippen LogP contribution in [-0.2, 0) is 4.79 Å². The third-order valence-electron chi connectivity index (χ3n) is 5.39. The maximum atomic E-state index is 12.8. The first-order valence-corrected chi connectivity index (χ1v) is 8.24. The summed E-state index contributed by atoms with van der Waals surface area (Å²) < 4.78 is 2.13. The molecule has 0 aliphatic heterocycles. The molecule has 21 heavy (non-hydrogen) atoms. The highest BCUT2D eigenvalue weighted by molar-refractivity contribution is 5.83. The zero-order chi connectivity index (χ0) is 14.7. The fourth-order valence-electron chi connectivity index (χ4n) is 4.01. The molecule has 0 spiro atoms. The zero-order valence-corrected chi connectivity index (χ0v) is 12.6. The maximum Gasteiger partial charge on any atom is 0.227 e. The quantitative estimate of drug-likeness (QED) is 0.891. The minimum absolute atomic E-state index is 0.182. The Morgan fingerprint density at radius 1 is 1.29 bits per heavy atom. The molecule has 0 aromatic carbocycles. The Morgan fingerprint density at radius 2 is 2.10 bits per heavy atom. The summed E-state index contributed by atoms with van der Waals surface area (Å²) in [4.78, 5) is 16.9. The number of carbonyl (C=O) groups is 1. The van der Waals surface area contributed by atoms with Gasteiger partial charge in [-0.1, -0.05) is 19.3 Å². The van der Waals surface area contributed by atoms with Crippen molar-refractivity contribution in [3.05, 3.63) is 18.7 Å². The van der Waals surface area contributed by atoms with E-state index in [9.17, 15) is 4.79 Å². The van der Waals surface area contributed by atoms with Crippen molar-refractivity contribution in [2.75, 3.05) is 6.54 Å². The summed E-state index contributed by atoms with van der Waals surface area (Å²) in [7, 11) is 0. The van der Waals surface area contributed by atoms with Crippen molar-refractivity contribution in [3.8, 4) is 0 Å². The lowest BCUT2D eigenvalue weighted by atomic mass is 9.73. The molecule has 1 aromatic rings. The number of imidazole rings is 1. The molecule has 2 unspecified atom stereocenters. The van der Waals surface area contributed by atoms with Crippen LogP contribution in [0.25, 0.3) is 0 Å². The lowest BCUT2D eigenvalue weighted by molar-refractivity contribution is -0.133. The Morgan fingerprint density at radius 3 is 2.76 bits per heavy atom. The second-order valence-corrected chi connectivity index (χ2v) is 6.63. The van der Waals surface area contributed by atoms with E-state index in [2.05, 4.69) is 14.9 Å². The van der Waals surface area contributed by atoms with Gasteiger partial charge in [-0.15, -0.1) is 0 Å². The van der Waals surface area contributed by atoms with Crippen molar-refractivity contribution in [2.24, 2.45) is 11.1 Å². The van der Waals surface area contributed by atoms with Crippen LogP contribution in [0.4, 0.5) is 0 Å². The smallest absolute Gasteiger partial charge is 0.227 e. The molecule has 3 rings (SSSR count). The number of carbonyl (C=O) groups excluding carboxylic acids is 1. The van der Waals surface area contributed by atoms with Crippen molar-refractivity contribution in [3.63, 3.8) is 0 Å². The minimum Gasteiger partial charge on any atom is -0.351 e. The predicted octanol–water partition coefficient (Wildman–Crippen LogP) is 2.00. The van der Waals surface area contributed by atoms with Gasteiger partial charge in [0, 0.05) is 25.0 Å². The fourth-order valence-corrected chi connectivity index (χ4v) is 4.01. The van der Waals surface area contributed by atoms with Crippen LogP contribution in [0.1, 0.15) is 57.4 Å². The lowest BCUT2D eigenvalue weighted by Crippen LogP contribution is -2.51. The normalized spacial score (nSPS) is 28.4. The van der Waals surface area contributed by atoms with Crippen molar-refractivity contribution < 1.29 is 4.79 Å². The molecule has 2 fully saturated rings. The number of aromatic nitrogens is 2. The van der Waals surface area contributed by atoms with Gasteiger partial charge in [-0.2, -0.15) is 0 Å². The first kappa shape index (κ1) is 14.6. The van der Waals surface area contributed by atoms with Gasteiger partial charge in [-0.25, -0.2) is 4.98 Å². The summed E-state index contributed by atoms with van der Waals surface area (Å²) in [6.07, 6.45) is 14.3. The Balaban J connectivity index is 1.68. The van der Waals surface area contributed by atoms with Crippen LogP contribution in [0.3, 0.4) is 0 Å². The third kappa shape index (κ3) is 2.84. The summed E-state index contributed by atoms with van der Waals surface area (Å²) in [6, 6.07) is 0.562. The highest BCUT2D eigenvalue weighted by Gasteiger charge is 2.40. The predicted molar refractivity (Wildman–Crippen MR) is 81.6 cm³/mol. The Labute approximate surface area is 126 Å². The first-order valence-electron chi connectivity index (χ1n) is 8.24. The SMILES string of the molecule is NCC1(C(=O)NC2CCCC2n2ccnc2)CCCCC1. The molecule has 0 saturated heterocycles. The van der Waals surface area contributed by atoms with Gasteiger partial charge in [0.05, 0.1) is 17.8 Å². The summed E-state index contributed by atoms with van der Waals surface area (Å²) >= 11 is 0. The molecule has 1 aromatic heterocycles. The second kappa shape index (κ2) is 6.18. The molecular weight excluding hydrogens is 264 g/mol. The van der Waals surface area contributed by atoms with Crippen LogP contribution < -0.4 is 11.1 Å². The van der Waals surface area contributed by atoms with Gasteiger partial charge in [0.2, 0.25) is 5.91 Å². The van der Waals surface area contributed by atoms with Gasteiger partial charge in [0.15, 0.2) is 0 Å². The van der Waals surface area contributed by atoms with Crippen LogP contribution >= 0.6 is 0 Å². The molecule has 3 N–H and O–H groups in total. The summed E-state index contributed by atoms with van der Waals surface area (Å²) in [6.45, 7) is 0.474. The van der Waals surface area contributed by atoms with Gasteiger partial charge in [-0.3, -0.25) is 4.79 Å². The highest BCUT2D eigenvalue weighted by Crippen LogP contribution is 2.37. The van der Waals surface area contributed by atoms with E-state index < -0.39 is 0 Å². The van der Waals surface area contributed by atoms with E-state index in [1.807, 2.05) is 12.5 Å². The zero-order valence-electron chi connectivity index (χ0n) is 12.6. The lowest BCUT2D eigenvalue weighted by Gasteiger charge is -2.36. The van der Waals surface area contributed by atoms with E-state index in [1.165, 1.54) is 6.42 Å². The number of amides is 1. The number of hydrogen-bond acceptors (Lipinski definition) is 3. The highest BCUT2D eigenvalue weighted by atomic mass is 16.2. The number of nitrogens with zero attached hydrogens (tertiary/aromatic N) is 2. The second-order valence-electron chi connectivity index (χ2n) is 6.63. The van der Waals surface area contributed by atoms with Crippen LogP contribution in [0.15, 0.2) is 18.7 Å². The van der Waals surface area contributed by atoms with Crippen molar-refractivity contribution in [2.45, 2.75) is 63.5 Å². The van der Waals surface area contributed by atoms with Gasteiger partial charge >= 0.3 is 0 Å². The molecule has 116 valence electrons. The molecule has 2 atom stereocenters. The number of rotatable bonds is 4. The van der Waals surface area contributed by atoms with Crippen LogP contribution in [-0.4, -0.2) is 28.0 Å². The van der Waals surface area contributed by atoms with Crippen molar-refractivity contribution in [1.82, 2.24) is 14.9 Å². The topological polar surface area (TPSA) is 72.9 Å². The number of nitrogens with two attached hydrogens (primary N) is 1. The van der Waals surface area contributed by atoms with Crippen molar-refractivity contribution in [1.29, 1.82) is 0 Å². The van der Waals surface area contributed by atoms with Gasteiger partial charge in [0.25, 0.3) is 0 Å². The standard InChI is InChI=1S/C16H26N4O/c17-11-16(7-2-1-3-8-16)15(21)19-13-5-4-6-14(13)20-10-9-18-12-20/h9-10,12-14H,1-8,11,17H2,(H,19,21). The molecule has 5 heteroatoms. The Bertz CT molecular complexity index is 465. The molecule has 1 heterocycles. The van der Waals surface area contributed by atoms with E-state index in [0.717, 1.165) is 44.9 Å². The molecule has 2 aliphatic rings. The largest absolute Gasteiger partial charge is 0.351 e. The third-order valence-corrected chi connectivity index (χ3v) is 5.39. The van der Waals surface area contributed by atoms with E-state index in [4.69, 9.17) is 5.73 Å². The van der Waals surface area contributed by atoms with E-state index >= 15 is 0 Å². The minimum atomic E-state index is -0.319. The average molecular weight is 290 g/mol. The Kier molecular flexibility index (Phi) is 4.29. The monoisotopic (exact) mass is 290 g/mol. The summed E-state index contributed by atoms with van der Waals surface area (Å²) in [5, 5.41) is 3.31. The van der Waals surface area contributed by atoms with E-state index in [0.29, 0.717) is 12.6 Å². The van der Waals surface area contributed by atoms with E-state index in [1.54, 1.807) is 6.20 Å². The van der Waals surface area contributed by atoms with Gasteiger partial charge in [0.1, 0.15) is 0 Å². The molecule has 5 nitrogen and oxygen atoms in total. The molecule has 0 radical (unpaired) electrons. The average Bonchev–Trinajstić information content (AvgIpc) is 3.18. The molecule has 2 aliphatic carbocycles. The fraction of sp³-hybridized carbons (Fsp3) is 0.750. The Hall–Kier alpha value is -1.36. The summed E-state index contributed by atoms with van der Waals surface area (Å²) in [5.74, 6) is 0.182. The van der Waals surface area contributed by atoms with Gasteiger partial charge < -0.3 is 15.6 Å². The van der Waals surface area contributed by atoms with Crippen LogP contribution in [0.5, 0.6) is 0 Å². The first-order chi connectivity index (χ1) is 10.2. The summed E-state index contributed by atoms with van der Waals surface area (Å²) in [5.41, 5.74) is 5.65. The molecular formula is C16H26N4O.